The fourth-order valence-electron chi connectivity index (χ4n) is 2.21. The van der Waals surface area contributed by atoms with Crippen LogP contribution in [0.1, 0.15) is 18.7 Å². The highest BCUT2D eigenvalue weighted by atomic mass is 35.5. The van der Waals surface area contributed by atoms with Gasteiger partial charge in [-0.2, -0.15) is 0 Å². The molecule has 17 heavy (non-hydrogen) atoms. The summed E-state index contributed by atoms with van der Waals surface area (Å²) in [7, 11) is 0. The Hall–Kier alpha value is -0.840. The molecule has 3 rings (SSSR count). The van der Waals surface area contributed by atoms with Crippen LogP contribution in [0.15, 0.2) is 18.3 Å². The van der Waals surface area contributed by atoms with Gasteiger partial charge in [0.25, 0.3) is 0 Å². The molecular formula is C12H14ClN3S. The second-order valence-electron chi connectivity index (χ2n) is 4.34. The second kappa shape index (κ2) is 4.80. The van der Waals surface area contributed by atoms with Crippen molar-refractivity contribution in [1.82, 2.24) is 15.3 Å². The van der Waals surface area contributed by atoms with E-state index in [9.17, 15) is 0 Å². The van der Waals surface area contributed by atoms with Crippen LogP contribution < -0.4 is 5.32 Å². The number of thiophene rings is 1. The Kier molecular flexibility index (Phi) is 3.18. The summed E-state index contributed by atoms with van der Waals surface area (Å²) >= 11 is 7.50. The van der Waals surface area contributed by atoms with Crippen molar-refractivity contribution >= 4 is 22.9 Å². The van der Waals surface area contributed by atoms with E-state index in [0.717, 1.165) is 33.7 Å². The summed E-state index contributed by atoms with van der Waals surface area (Å²) in [6.07, 6.45) is 5.41. The van der Waals surface area contributed by atoms with Gasteiger partial charge in [-0.3, -0.25) is 0 Å². The van der Waals surface area contributed by atoms with Crippen LogP contribution in [0.2, 0.25) is 4.34 Å². The van der Waals surface area contributed by atoms with Crippen molar-refractivity contribution in [2.45, 2.75) is 25.3 Å². The molecule has 1 unspecified atom stereocenters. The predicted octanol–water partition coefficient (Wildman–Crippen LogP) is 3.09. The molecule has 0 amide bonds. The Morgan fingerprint density at radius 1 is 1.47 bits per heavy atom. The molecule has 1 fully saturated rings. The number of aromatic amines is 1. The lowest BCUT2D eigenvalue weighted by molar-refractivity contribution is 0.589. The zero-order valence-electron chi connectivity index (χ0n) is 9.37. The number of hydrogen-bond acceptors (Lipinski definition) is 3. The first-order valence-corrected chi connectivity index (χ1v) is 7.04. The van der Waals surface area contributed by atoms with Gasteiger partial charge in [-0.05, 0) is 31.5 Å². The van der Waals surface area contributed by atoms with Crippen molar-refractivity contribution in [3.63, 3.8) is 0 Å². The molecule has 2 aromatic rings. The summed E-state index contributed by atoms with van der Waals surface area (Å²) in [6.45, 7) is 1.14. The second-order valence-corrected chi connectivity index (χ2v) is 6.06. The first-order valence-electron chi connectivity index (χ1n) is 5.84. The van der Waals surface area contributed by atoms with Crippen molar-refractivity contribution < 1.29 is 0 Å². The first-order chi connectivity index (χ1) is 8.31. The molecular weight excluding hydrogens is 254 g/mol. The van der Waals surface area contributed by atoms with Crippen molar-refractivity contribution in [1.29, 1.82) is 0 Å². The van der Waals surface area contributed by atoms with E-state index in [1.807, 2.05) is 18.3 Å². The molecule has 0 aromatic carbocycles. The number of nitrogens with zero attached hydrogens (tertiary/aromatic N) is 1. The zero-order valence-corrected chi connectivity index (χ0v) is 10.9. The van der Waals surface area contributed by atoms with E-state index in [-0.39, 0.29) is 0 Å². The van der Waals surface area contributed by atoms with Gasteiger partial charge in [0.2, 0.25) is 0 Å². The Balaban J connectivity index is 1.73. The van der Waals surface area contributed by atoms with Crippen LogP contribution in [-0.2, 0) is 6.42 Å². The van der Waals surface area contributed by atoms with Crippen molar-refractivity contribution in [2.75, 3.05) is 6.54 Å². The minimum absolute atomic E-state index is 0.584. The molecule has 1 atom stereocenters. The molecule has 2 aromatic heterocycles. The monoisotopic (exact) mass is 267 g/mol. The molecule has 0 aliphatic carbocycles. The van der Waals surface area contributed by atoms with Crippen LogP contribution in [0.25, 0.3) is 10.6 Å². The van der Waals surface area contributed by atoms with E-state index in [1.54, 1.807) is 11.3 Å². The number of H-pyrrole nitrogens is 1. The smallest absolute Gasteiger partial charge is 0.108 e. The highest BCUT2D eigenvalue weighted by Gasteiger charge is 2.16. The molecule has 1 aliphatic rings. The molecule has 2 N–H and O–H groups in total. The van der Waals surface area contributed by atoms with Crippen LogP contribution in [0.5, 0.6) is 0 Å². The van der Waals surface area contributed by atoms with Gasteiger partial charge in [-0.15, -0.1) is 11.3 Å². The minimum atomic E-state index is 0.584. The number of halogens is 1. The first kappa shape index (κ1) is 11.3. The molecule has 5 heteroatoms. The quantitative estimate of drug-likeness (QED) is 0.897. The summed E-state index contributed by atoms with van der Waals surface area (Å²) in [5.74, 6) is 1.06. The Morgan fingerprint density at radius 3 is 3.12 bits per heavy atom. The number of aromatic nitrogens is 2. The van der Waals surface area contributed by atoms with E-state index in [4.69, 9.17) is 11.6 Å². The molecule has 1 saturated heterocycles. The van der Waals surface area contributed by atoms with Crippen molar-refractivity contribution in [2.24, 2.45) is 0 Å². The molecule has 0 saturated carbocycles. The van der Waals surface area contributed by atoms with Crippen molar-refractivity contribution in [3.8, 4) is 10.6 Å². The minimum Gasteiger partial charge on any atom is -0.341 e. The third-order valence-electron chi connectivity index (χ3n) is 3.07. The van der Waals surface area contributed by atoms with E-state index >= 15 is 0 Å². The number of hydrogen-bond donors (Lipinski definition) is 2. The summed E-state index contributed by atoms with van der Waals surface area (Å²) in [6, 6.07) is 4.53. The standard InChI is InChI=1S/C12H14ClN3S/c13-11-4-3-10(17-11)9-7-15-12(16-9)6-8-2-1-5-14-8/h3-4,7-8,14H,1-2,5-6H2,(H,15,16). The van der Waals surface area contributed by atoms with E-state index in [2.05, 4.69) is 15.3 Å². The van der Waals surface area contributed by atoms with Crippen LogP contribution in [0.3, 0.4) is 0 Å². The summed E-state index contributed by atoms with van der Waals surface area (Å²) < 4.78 is 0.814. The fraction of sp³-hybridized carbons (Fsp3) is 0.417. The number of imidazole rings is 1. The van der Waals surface area contributed by atoms with Crippen LogP contribution in [-0.4, -0.2) is 22.6 Å². The van der Waals surface area contributed by atoms with Gasteiger partial charge in [-0.1, -0.05) is 11.6 Å². The third kappa shape index (κ3) is 2.54. The molecule has 0 spiro atoms. The number of rotatable bonds is 3. The normalized spacial score (nSPS) is 19.9. The van der Waals surface area contributed by atoms with Gasteiger partial charge >= 0.3 is 0 Å². The Bertz CT molecular complexity index is 499. The van der Waals surface area contributed by atoms with Gasteiger partial charge in [0.05, 0.1) is 21.1 Å². The van der Waals surface area contributed by atoms with Crippen LogP contribution in [0.4, 0.5) is 0 Å². The lowest BCUT2D eigenvalue weighted by atomic mass is 10.1. The Labute approximate surface area is 109 Å². The highest BCUT2D eigenvalue weighted by Crippen LogP contribution is 2.29. The average molecular weight is 268 g/mol. The molecule has 1 aliphatic heterocycles. The maximum Gasteiger partial charge on any atom is 0.108 e. The maximum absolute atomic E-state index is 5.93. The molecule has 0 bridgehead atoms. The van der Waals surface area contributed by atoms with Gasteiger partial charge in [0, 0.05) is 12.5 Å². The summed E-state index contributed by atoms with van der Waals surface area (Å²) in [5, 5.41) is 3.48. The van der Waals surface area contributed by atoms with E-state index in [0.29, 0.717) is 6.04 Å². The van der Waals surface area contributed by atoms with Gasteiger partial charge in [-0.25, -0.2) is 4.98 Å². The zero-order chi connectivity index (χ0) is 11.7. The SMILES string of the molecule is Clc1ccc(-c2cnc(CC3CCCN3)[nH]2)s1. The Morgan fingerprint density at radius 2 is 2.41 bits per heavy atom. The lowest BCUT2D eigenvalue weighted by Gasteiger charge is -2.06. The van der Waals surface area contributed by atoms with Gasteiger partial charge in [0.1, 0.15) is 5.82 Å². The highest BCUT2D eigenvalue weighted by molar-refractivity contribution is 7.19. The van der Waals surface area contributed by atoms with E-state index in [1.165, 1.54) is 12.8 Å². The molecule has 3 heterocycles. The third-order valence-corrected chi connectivity index (χ3v) is 4.33. The molecule has 0 radical (unpaired) electrons. The maximum atomic E-state index is 5.93. The van der Waals surface area contributed by atoms with Crippen molar-refractivity contribution in [3.05, 3.63) is 28.5 Å². The fourth-order valence-corrected chi connectivity index (χ4v) is 3.22. The summed E-state index contributed by atoms with van der Waals surface area (Å²) in [5.41, 5.74) is 1.06. The van der Waals surface area contributed by atoms with Crippen LogP contribution in [0, 0.1) is 0 Å². The number of nitrogens with one attached hydrogen (secondary N) is 2. The largest absolute Gasteiger partial charge is 0.341 e. The molecule has 90 valence electrons. The van der Waals surface area contributed by atoms with E-state index < -0.39 is 0 Å². The topological polar surface area (TPSA) is 40.7 Å². The average Bonchev–Trinajstić information content (AvgIpc) is 2.99. The van der Waals surface area contributed by atoms with Gasteiger partial charge < -0.3 is 10.3 Å². The van der Waals surface area contributed by atoms with Crippen LogP contribution >= 0.6 is 22.9 Å². The predicted molar refractivity (Wildman–Crippen MR) is 71.6 cm³/mol. The summed E-state index contributed by atoms with van der Waals surface area (Å²) in [4.78, 5) is 8.95. The molecule has 3 nitrogen and oxygen atoms in total. The van der Waals surface area contributed by atoms with Gasteiger partial charge in [0.15, 0.2) is 0 Å². The lowest BCUT2D eigenvalue weighted by Crippen LogP contribution is -2.24.